The highest BCUT2D eigenvalue weighted by molar-refractivity contribution is 8.14. The van der Waals surface area contributed by atoms with Crippen LogP contribution in [0.5, 0.6) is 0 Å². The van der Waals surface area contributed by atoms with Crippen LogP contribution in [-0.2, 0) is 111 Å². The lowest BCUT2D eigenvalue weighted by molar-refractivity contribution is -0.139. The second-order valence-electron chi connectivity index (χ2n) is 25.4. The number of rotatable bonds is 46. The predicted molar refractivity (Wildman–Crippen MR) is 380 cm³/mol. The number of carbonyl (C=O) groups is 8. The van der Waals surface area contributed by atoms with Crippen molar-refractivity contribution < 1.29 is 191 Å². The summed E-state index contributed by atoms with van der Waals surface area (Å²) < 4.78 is 124. The van der Waals surface area contributed by atoms with E-state index in [9.17, 15) is 136 Å². The Labute approximate surface area is 650 Å². The van der Waals surface area contributed by atoms with Gasteiger partial charge in [0.15, 0.2) is 35.4 Å². The first-order chi connectivity index (χ1) is 52.6. The van der Waals surface area contributed by atoms with E-state index in [0.29, 0.717) is 23.5 Å². The Balaban J connectivity index is 0.000000407. The number of hydrogen-bond acceptors (Lipinski definition) is 40. The third-order valence-electron chi connectivity index (χ3n) is 15.3. The number of ether oxygens (including phenoxy) is 2. The Morgan fingerprint density at radius 3 is 1.17 bits per heavy atom. The number of imidazole rings is 2. The van der Waals surface area contributed by atoms with Crippen LogP contribution in [0.2, 0.25) is 0 Å². The predicted octanol–water partition coefficient (Wildman–Crippen LogP) is -4.22. The van der Waals surface area contributed by atoms with Gasteiger partial charge in [0.1, 0.15) is 84.7 Å². The molecule has 0 aliphatic carbocycles. The number of aliphatic hydroxyl groups excluding tert-OH is 6. The lowest BCUT2D eigenvalue weighted by Gasteiger charge is -2.30. The number of aliphatic carboxylic acids is 2. The van der Waals surface area contributed by atoms with Crippen LogP contribution >= 0.6 is 70.5 Å². The van der Waals surface area contributed by atoms with Crippen molar-refractivity contribution in [2.24, 2.45) is 10.8 Å². The quantitative estimate of drug-likeness (QED) is 0.0147. The van der Waals surface area contributed by atoms with Crippen molar-refractivity contribution in [2.45, 2.75) is 140 Å². The lowest BCUT2D eigenvalue weighted by Crippen LogP contribution is -2.46. The molecule has 0 aromatic carbocycles. The highest BCUT2D eigenvalue weighted by Crippen LogP contribution is 2.63. The summed E-state index contributed by atoms with van der Waals surface area (Å²) in [4.78, 5) is 195. The molecule has 2 saturated heterocycles. The SMILES string of the molecule is CC(C)(COP(=O)(O)OP(=O)(O)OC[C@H]1O[C@@H](n2cnc3c(N)ncnc32)[C@H](O)[C@@H]1OP(=O)(O)O)[C@@H](O)C(=O)NCCC(=O)NCCSC(=O)C(O)CCC(=O)O.CC(C)(COP(=O)(O)OP(=O)(O)OC[C@H]1O[C@@H](n2cnc3c(N)ncnc32)[C@H](O)[C@@H]1OP(=O)(O)O)[C@@H](O)C(=O)NCCC(=O)NCCSC(=O)C(O)CCC(=O)O. The Hall–Kier alpha value is -6.02. The van der Waals surface area contributed by atoms with Crippen molar-refractivity contribution in [1.82, 2.24) is 60.3 Å². The molecule has 4 aromatic heterocycles. The number of hydrogen-bond donors (Lipinski definition) is 22. The fourth-order valence-corrected chi connectivity index (χ4v) is 16.6. The maximum absolute atomic E-state index is 12.7. The summed E-state index contributed by atoms with van der Waals surface area (Å²) in [5, 5.41) is 87.4. The smallest absolute Gasteiger partial charge is 0.481 e. The van der Waals surface area contributed by atoms with Gasteiger partial charge in [-0.15, -0.1) is 0 Å². The number of phosphoric acid groups is 6. The highest BCUT2D eigenvalue weighted by atomic mass is 32.2. The summed E-state index contributed by atoms with van der Waals surface area (Å²) in [7, 11) is -32.9. The number of nitrogens with one attached hydrogen (secondary N) is 4. The monoisotopic (exact) mass is 1790 g/mol. The number of carboxylic acids is 2. The topological polar surface area (TPSA) is 842 Å². The van der Waals surface area contributed by atoms with E-state index in [0.717, 1.165) is 34.4 Å². The van der Waals surface area contributed by atoms with Crippen LogP contribution in [0.25, 0.3) is 22.3 Å². The minimum atomic E-state index is -5.60. The van der Waals surface area contributed by atoms with E-state index in [1.165, 1.54) is 27.7 Å². The van der Waals surface area contributed by atoms with E-state index in [-0.39, 0.29) is 97.3 Å². The molecule has 2 aliphatic heterocycles. The van der Waals surface area contributed by atoms with Crippen LogP contribution in [0.3, 0.4) is 0 Å². The van der Waals surface area contributed by atoms with Crippen molar-refractivity contribution in [3.8, 4) is 0 Å². The molecule has 2 fully saturated rings. The normalized spacial score (nSPS) is 22.0. The summed E-state index contributed by atoms with van der Waals surface area (Å²) in [5.74, 6) is -5.53. The molecule has 114 heavy (non-hydrogen) atoms. The number of carbonyl (C=O) groups excluding carboxylic acids is 6. The number of nitrogens with zero attached hydrogens (tertiary/aromatic N) is 8. The van der Waals surface area contributed by atoms with Crippen LogP contribution in [0.15, 0.2) is 25.3 Å². The molecule has 16 atom stereocenters. The van der Waals surface area contributed by atoms with Gasteiger partial charge in [-0.3, -0.25) is 74.6 Å². The molecule has 24 N–H and O–H groups in total. The second kappa shape index (κ2) is 42.6. The third-order valence-corrected chi connectivity index (χ3v) is 23.4. The van der Waals surface area contributed by atoms with Gasteiger partial charge in [-0.1, -0.05) is 51.2 Å². The largest absolute Gasteiger partial charge is 0.481 e. The zero-order valence-corrected chi connectivity index (χ0v) is 66.7. The van der Waals surface area contributed by atoms with Gasteiger partial charge < -0.3 is 122 Å². The van der Waals surface area contributed by atoms with Crippen LogP contribution in [-0.4, -0.2) is 290 Å². The van der Waals surface area contributed by atoms with Crippen LogP contribution in [0.1, 0.15) is 78.7 Å². The molecule has 0 saturated carbocycles. The van der Waals surface area contributed by atoms with Crippen molar-refractivity contribution >= 4 is 150 Å². The number of fused-ring (bicyclic) bond motifs is 2. The first kappa shape index (κ1) is 98.6. The van der Waals surface area contributed by atoms with Crippen LogP contribution < -0.4 is 32.7 Å². The molecule has 4 aromatic rings. The Bertz CT molecular complexity index is 4070. The number of phosphoric ester groups is 6. The third kappa shape index (κ3) is 31.7. The summed E-state index contributed by atoms with van der Waals surface area (Å²) >= 11 is 1.37. The minimum absolute atomic E-state index is 0.00320. The van der Waals surface area contributed by atoms with Gasteiger partial charge in [0.25, 0.3) is 0 Å². The second-order valence-corrected chi connectivity index (χ2v) is 36.0. The van der Waals surface area contributed by atoms with E-state index >= 15 is 0 Å². The first-order valence-corrected chi connectivity index (χ1v) is 43.6. The van der Waals surface area contributed by atoms with Gasteiger partial charge >= 0.3 is 58.9 Å². The molecule has 6 heterocycles. The molecule has 6 rings (SSSR count). The molecular formula is C52H84N14O40P6S2. The number of nitrogens with two attached hydrogens (primary N) is 2. The summed E-state index contributed by atoms with van der Waals surface area (Å²) in [6.45, 7) is 0.0973. The number of thioether (sulfide) groups is 2. The number of aliphatic hydroxyl groups is 6. The molecule has 4 amide bonds. The van der Waals surface area contributed by atoms with Crippen molar-refractivity contribution in [1.29, 1.82) is 0 Å². The number of nitrogen functional groups attached to an aromatic ring is 2. The molecule has 62 heteroatoms. The molecule has 6 unspecified atom stereocenters. The van der Waals surface area contributed by atoms with E-state index in [1.54, 1.807) is 0 Å². The minimum Gasteiger partial charge on any atom is -0.481 e. The zero-order chi connectivity index (χ0) is 85.9. The van der Waals surface area contributed by atoms with Crippen molar-refractivity contribution in [3.63, 3.8) is 0 Å². The van der Waals surface area contributed by atoms with E-state index in [4.69, 9.17) is 49.2 Å². The van der Waals surface area contributed by atoms with Crippen LogP contribution in [0.4, 0.5) is 11.6 Å². The van der Waals surface area contributed by atoms with Crippen molar-refractivity contribution in [2.75, 3.05) is 75.6 Å². The molecule has 0 radical (unpaired) electrons. The molecular weight excluding hydrogens is 1710 g/mol. The Morgan fingerprint density at radius 1 is 0.509 bits per heavy atom. The van der Waals surface area contributed by atoms with Gasteiger partial charge in [0.05, 0.1) is 39.1 Å². The molecule has 0 spiro atoms. The van der Waals surface area contributed by atoms with Crippen LogP contribution in [0, 0.1) is 10.8 Å². The Morgan fingerprint density at radius 2 is 0.842 bits per heavy atom. The zero-order valence-electron chi connectivity index (χ0n) is 59.7. The fraction of sp³-hybridized carbons (Fsp3) is 0.654. The first-order valence-electron chi connectivity index (χ1n) is 32.6. The molecule has 2 aliphatic rings. The average Bonchev–Trinajstić information content (AvgIpc) is 1.62. The number of amides is 4. The van der Waals surface area contributed by atoms with E-state index in [1.807, 2.05) is 0 Å². The van der Waals surface area contributed by atoms with Gasteiger partial charge in [-0.2, -0.15) is 8.62 Å². The summed E-state index contributed by atoms with van der Waals surface area (Å²) in [5.41, 5.74) is 8.34. The highest BCUT2D eigenvalue weighted by Gasteiger charge is 2.53. The van der Waals surface area contributed by atoms with Gasteiger partial charge in [-0.25, -0.2) is 57.3 Å². The average molecular weight is 1800 g/mol. The summed E-state index contributed by atoms with van der Waals surface area (Å²) in [6.07, 6.45) is -18.6. The van der Waals surface area contributed by atoms with E-state index < -0.39 is 216 Å². The van der Waals surface area contributed by atoms with Crippen molar-refractivity contribution in [3.05, 3.63) is 25.3 Å². The number of aromatic nitrogens is 8. The molecule has 54 nitrogen and oxygen atoms in total. The Kier molecular flexibility index (Phi) is 36.8. The summed E-state index contributed by atoms with van der Waals surface area (Å²) in [6, 6.07) is 0. The lowest BCUT2D eigenvalue weighted by atomic mass is 9.87. The standard InChI is InChI=1S/2C26H42N7O20P3S/c2*1-26(2,20(39)23(40)29-6-5-15(35)28-7-8-57-25(41)13(34)3-4-16(36)37)10-50-56(47,48)53-55(45,46)49-9-14-19(52-54(42,43)44)18(38)24(51-14)33-12-32-17-21(27)30-11-31-22(17)33/h2*11-14,18-20,24,34,38-39H,3-10H2,1-2H3,(H,28,35)(H,29,40)(H,36,37)(H,45,46)(H,47,48)(H2,27,30,31)(H2,42,43,44)/t2*13?,14-,18-,19-,20+,24-/m11/s1. The maximum atomic E-state index is 12.7. The molecule has 644 valence electrons. The number of carboxylic acid groups (broad SMARTS) is 2. The fourth-order valence-electron chi connectivity index (χ4n) is 9.51. The molecule has 0 bridgehead atoms. The van der Waals surface area contributed by atoms with E-state index in [2.05, 4.69) is 68.8 Å². The number of anilines is 2. The maximum Gasteiger partial charge on any atom is 0.481 e. The van der Waals surface area contributed by atoms with Gasteiger partial charge in [-0.05, 0) is 12.8 Å². The van der Waals surface area contributed by atoms with Gasteiger partial charge in [0, 0.05) is 74.2 Å². The van der Waals surface area contributed by atoms with Gasteiger partial charge in [0.2, 0.25) is 33.9 Å².